The maximum absolute atomic E-state index is 5.81. The van der Waals surface area contributed by atoms with E-state index >= 15 is 0 Å². The van der Waals surface area contributed by atoms with E-state index in [-0.39, 0.29) is 0 Å². The van der Waals surface area contributed by atoms with Crippen molar-refractivity contribution in [2.24, 2.45) is 0 Å². The maximum Gasteiger partial charge on any atom is 0.150 e. The van der Waals surface area contributed by atoms with Crippen molar-refractivity contribution in [3.63, 3.8) is 0 Å². The van der Waals surface area contributed by atoms with E-state index in [1.807, 2.05) is 12.1 Å². The molecule has 16 heavy (non-hydrogen) atoms. The molecule has 1 aromatic carbocycles. The molecular weight excluding hydrogens is 200 g/mol. The van der Waals surface area contributed by atoms with E-state index in [1.54, 1.807) is 10.9 Å². The van der Waals surface area contributed by atoms with Gasteiger partial charge in [-0.05, 0) is 23.6 Å². The van der Waals surface area contributed by atoms with E-state index in [1.165, 1.54) is 5.56 Å². The summed E-state index contributed by atoms with van der Waals surface area (Å²) in [7, 11) is 0. The van der Waals surface area contributed by atoms with Crippen LogP contribution in [0.15, 0.2) is 30.5 Å². The van der Waals surface area contributed by atoms with Crippen molar-refractivity contribution in [2.75, 3.05) is 11.5 Å². The molecule has 1 aromatic heterocycles. The molecule has 0 spiro atoms. The third-order valence-corrected chi connectivity index (χ3v) is 2.64. The second kappa shape index (κ2) is 3.89. The molecule has 0 aliphatic carbocycles. The van der Waals surface area contributed by atoms with Crippen LogP contribution in [0, 0.1) is 0 Å². The predicted molar refractivity (Wildman–Crippen MR) is 66.5 cm³/mol. The first-order valence-electron chi connectivity index (χ1n) is 5.29. The van der Waals surface area contributed by atoms with Crippen LogP contribution in [0.1, 0.15) is 25.3 Å². The summed E-state index contributed by atoms with van der Waals surface area (Å²) in [5, 5.41) is 4.13. The van der Waals surface area contributed by atoms with Crippen molar-refractivity contribution in [1.82, 2.24) is 9.78 Å². The van der Waals surface area contributed by atoms with E-state index in [2.05, 4.69) is 31.1 Å². The Hall–Kier alpha value is -1.97. The number of nitrogen functional groups attached to an aromatic ring is 2. The number of nitrogens with two attached hydrogens (primary N) is 2. The molecule has 0 amide bonds. The first-order valence-corrected chi connectivity index (χ1v) is 5.29. The third-order valence-electron chi connectivity index (χ3n) is 2.64. The van der Waals surface area contributed by atoms with Crippen LogP contribution >= 0.6 is 0 Å². The zero-order valence-corrected chi connectivity index (χ0v) is 9.51. The summed E-state index contributed by atoms with van der Waals surface area (Å²) in [5.41, 5.74) is 14.2. The average molecular weight is 216 g/mol. The second-order valence-corrected chi connectivity index (χ2v) is 4.14. The van der Waals surface area contributed by atoms with Crippen molar-refractivity contribution in [1.29, 1.82) is 0 Å². The molecule has 84 valence electrons. The SMILES string of the molecule is CC(C)c1ccc(-n2ncc(N)c2N)cc1. The largest absolute Gasteiger partial charge is 0.394 e. The van der Waals surface area contributed by atoms with Gasteiger partial charge in [0.2, 0.25) is 0 Å². The molecule has 2 aromatic rings. The molecule has 4 nitrogen and oxygen atoms in total. The Balaban J connectivity index is 2.38. The lowest BCUT2D eigenvalue weighted by atomic mass is 10.0. The van der Waals surface area contributed by atoms with Crippen LogP contribution in [0.3, 0.4) is 0 Å². The number of hydrogen-bond acceptors (Lipinski definition) is 3. The van der Waals surface area contributed by atoms with Gasteiger partial charge in [-0.15, -0.1) is 0 Å². The minimum Gasteiger partial charge on any atom is -0.394 e. The fourth-order valence-corrected chi connectivity index (χ4v) is 1.58. The Labute approximate surface area is 94.9 Å². The Bertz CT molecular complexity index is 482. The fraction of sp³-hybridized carbons (Fsp3) is 0.250. The third kappa shape index (κ3) is 1.74. The van der Waals surface area contributed by atoms with Gasteiger partial charge in [-0.2, -0.15) is 5.10 Å². The highest BCUT2D eigenvalue weighted by molar-refractivity contribution is 5.60. The molecule has 0 saturated heterocycles. The van der Waals surface area contributed by atoms with Gasteiger partial charge in [0.15, 0.2) is 0 Å². The van der Waals surface area contributed by atoms with Gasteiger partial charge in [0, 0.05) is 0 Å². The van der Waals surface area contributed by atoms with Crippen molar-refractivity contribution in [2.45, 2.75) is 19.8 Å². The van der Waals surface area contributed by atoms with Gasteiger partial charge in [-0.3, -0.25) is 0 Å². The topological polar surface area (TPSA) is 69.9 Å². The molecule has 0 saturated carbocycles. The van der Waals surface area contributed by atoms with E-state index in [0.717, 1.165) is 5.69 Å². The first kappa shape index (κ1) is 10.5. The van der Waals surface area contributed by atoms with Crippen LogP contribution < -0.4 is 11.5 Å². The molecule has 0 unspecified atom stereocenters. The summed E-state index contributed by atoms with van der Waals surface area (Å²) < 4.78 is 1.64. The highest BCUT2D eigenvalue weighted by Gasteiger charge is 2.06. The minimum absolute atomic E-state index is 0.484. The lowest BCUT2D eigenvalue weighted by molar-refractivity contribution is 0.857. The average Bonchev–Trinajstić information content (AvgIpc) is 2.60. The molecule has 0 bridgehead atoms. The summed E-state index contributed by atoms with van der Waals surface area (Å²) in [6, 6.07) is 8.16. The molecule has 1 heterocycles. The number of nitrogens with zero attached hydrogens (tertiary/aromatic N) is 2. The monoisotopic (exact) mass is 216 g/mol. The summed E-state index contributed by atoms with van der Waals surface area (Å²) >= 11 is 0. The number of benzene rings is 1. The van der Waals surface area contributed by atoms with Gasteiger partial charge in [-0.25, -0.2) is 4.68 Å². The van der Waals surface area contributed by atoms with E-state index in [0.29, 0.717) is 17.4 Å². The van der Waals surface area contributed by atoms with Crippen molar-refractivity contribution in [3.8, 4) is 5.69 Å². The van der Waals surface area contributed by atoms with Crippen LogP contribution in [-0.4, -0.2) is 9.78 Å². The highest BCUT2D eigenvalue weighted by atomic mass is 15.3. The lowest BCUT2D eigenvalue weighted by Gasteiger charge is -2.08. The van der Waals surface area contributed by atoms with Gasteiger partial charge in [0.1, 0.15) is 5.82 Å². The van der Waals surface area contributed by atoms with E-state index < -0.39 is 0 Å². The van der Waals surface area contributed by atoms with Crippen LogP contribution in [0.25, 0.3) is 5.69 Å². The van der Waals surface area contributed by atoms with Gasteiger partial charge >= 0.3 is 0 Å². The Morgan fingerprint density at radius 2 is 1.75 bits per heavy atom. The second-order valence-electron chi connectivity index (χ2n) is 4.14. The molecule has 0 atom stereocenters. The molecule has 4 N–H and O–H groups in total. The fourth-order valence-electron chi connectivity index (χ4n) is 1.58. The summed E-state index contributed by atoms with van der Waals surface area (Å²) in [6.07, 6.45) is 1.56. The van der Waals surface area contributed by atoms with Crippen molar-refractivity contribution < 1.29 is 0 Å². The van der Waals surface area contributed by atoms with E-state index in [4.69, 9.17) is 11.5 Å². The summed E-state index contributed by atoms with van der Waals surface area (Å²) in [4.78, 5) is 0. The molecule has 4 heteroatoms. The zero-order chi connectivity index (χ0) is 11.7. The molecule has 0 radical (unpaired) electrons. The standard InChI is InChI=1S/C12H16N4/c1-8(2)9-3-5-10(6-4-9)16-12(14)11(13)7-15-16/h3-8H,13-14H2,1-2H3. The smallest absolute Gasteiger partial charge is 0.150 e. The number of hydrogen-bond donors (Lipinski definition) is 2. The van der Waals surface area contributed by atoms with Crippen LogP contribution in [0.2, 0.25) is 0 Å². The van der Waals surface area contributed by atoms with Crippen LogP contribution in [0.4, 0.5) is 11.5 Å². The summed E-state index contributed by atoms with van der Waals surface area (Å²) in [6.45, 7) is 4.32. The van der Waals surface area contributed by atoms with Gasteiger partial charge < -0.3 is 11.5 Å². The predicted octanol–water partition coefficient (Wildman–Crippen LogP) is 2.16. The molecule has 0 aliphatic rings. The number of anilines is 2. The van der Waals surface area contributed by atoms with Crippen LogP contribution in [0.5, 0.6) is 0 Å². The van der Waals surface area contributed by atoms with Gasteiger partial charge in [-0.1, -0.05) is 26.0 Å². The molecule has 0 aliphatic heterocycles. The maximum atomic E-state index is 5.81. The lowest BCUT2D eigenvalue weighted by Crippen LogP contribution is -2.03. The minimum atomic E-state index is 0.484. The zero-order valence-electron chi connectivity index (χ0n) is 9.51. The number of aromatic nitrogens is 2. The number of rotatable bonds is 2. The normalized spacial score (nSPS) is 10.9. The van der Waals surface area contributed by atoms with E-state index in [9.17, 15) is 0 Å². The summed E-state index contributed by atoms with van der Waals surface area (Å²) in [5.74, 6) is 1.01. The van der Waals surface area contributed by atoms with Gasteiger partial charge in [0.05, 0.1) is 17.6 Å². The first-order chi connectivity index (χ1) is 7.59. The molecular formula is C12H16N4. The quantitative estimate of drug-likeness (QED) is 0.808. The Morgan fingerprint density at radius 3 is 2.19 bits per heavy atom. The van der Waals surface area contributed by atoms with Gasteiger partial charge in [0.25, 0.3) is 0 Å². The Kier molecular flexibility index (Phi) is 2.56. The Morgan fingerprint density at radius 1 is 1.12 bits per heavy atom. The van der Waals surface area contributed by atoms with Crippen molar-refractivity contribution in [3.05, 3.63) is 36.0 Å². The van der Waals surface area contributed by atoms with Crippen LogP contribution in [-0.2, 0) is 0 Å². The van der Waals surface area contributed by atoms with Crippen molar-refractivity contribution >= 4 is 11.5 Å². The highest BCUT2D eigenvalue weighted by Crippen LogP contribution is 2.21. The molecule has 2 rings (SSSR count). The molecule has 0 fully saturated rings.